The molecule has 1 aromatic heterocycles. The molecule has 1 aliphatic heterocycles. The minimum absolute atomic E-state index is 0.0463. The molecule has 4 rings (SSSR count). The molecule has 1 aliphatic carbocycles. The molecule has 6 nitrogen and oxygen atoms in total. The molecule has 25 heavy (non-hydrogen) atoms. The van der Waals surface area contributed by atoms with Crippen LogP contribution in [0.3, 0.4) is 0 Å². The zero-order valence-electron chi connectivity index (χ0n) is 13.9. The third kappa shape index (κ3) is 3.11. The van der Waals surface area contributed by atoms with Crippen LogP contribution in [0.15, 0.2) is 24.3 Å². The number of carbonyl (C=O) groups is 2. The fourth-order valence-corrected chi connectivity index (χ4v) is 4.42. The highest BCUT2D eigenvalue weighted by Crippen LogP contribution is 2.32. The summed E-state index contributed by atoms with van der Waals surface area (Å²) in [7, 11) is 1.59. The highest BCUT2D eigenvalue weighted by molar-refractivity contribution is 7.15. The van der Waals surface area contributed by atoms with Crippen molar-refractivity contribution in [2.45, 2.75) is 25.7 Å². The lowest BCUT2D eigenvalue weighted by Crippen LogP contribution is -2.28. The number of thiazole rings is 1. The summed E-state index contributed by atoms with van der Waals surface area (Å²) in [4.78, 5) is 32.3. The summed E-state index contributed by atoms with van der Waals surface area (Å²) in [5, 5.41) is 3.55. The van der Waals surface area contributed by atoms with Gasteiger partial charge in [0.2, 0.25) is 11.8 Å². The van der Waals surface area contributed by atoms with Gasteiger partial charge in [-0.25, -0.2) is 4.98 Å². The Balaban J connectivity index is 1.44. The number of aryl methyl sites for hydroxylation is 2. The van der Waals surface area contributed by atoms with Crippen LogP contribution in [0.25, 0.3) is 0 Å². The molecule has 0 spiro atoms. The molecule has 0 saturated carbocycles. The van der Waals surface area contributed by atoms with Gasteiger partial charge >= 0.3 is 0 Å². The quantitative estimate of drug-likeness (QED) is 0.913. The van der Waals surface area contributed by atoms with Crippen molar-refractivity contribution >= 4 is 34.0 Å². The summed E-state index contributed by atoms with van der Waals surface area (Å²) in [6.45, 7) is 0.378. The van der Waals surface area contributed by atoms with E-state index < -0.39 is 0 Å². The van der Waals surface area contributed by atoms with Crippen molar-refractivity contribution in [1.29, 1.82) is 0 Å². The topological polar surface area (TPSA) is 71.5 Å². The van der Waals surface area contributed by atoms with E-state index >= 15 is 0 Å². The molecule has 0 bridgehead atoms. The molecule has 1 unspecified atom stereocenters. The van der Waals surface area contributed by atoms with Crippen molar-refractivity contribution in [3.63, 3.8) is 0 Å². The average molecular weight is 357 g/mol. The van der Waals surface area contributed by atoms with Gasteiger partial charge in [-0.1, -0.05) is 6.07 Å². The predicted molar refractivity (Wildman–Crippen MR) is 96.2 cm³/mol. The molecule has 1 atom stereocenters. The van der Waals surface area contributed by atoms with Crippen molar-refractivity contribution in [1.82, 2.24) is 4.98 Å². The van der Waals surface area contributed by atoms with Gasteiger partial charge in [0.15, 0.2) is 5.13 Å². The van der Waals surface area contributed by atoms with Crippen LogP contribution in [-0.2, 0) is 22.4 Å². The van der Waals surface area contributed by atoms with Gasteiger partial charge in [0.1, 0.15) is 5.75 Å². The molecule has 1 fully saturated rings. The Labute approximate surface area is 149 Å². The molecule has 1 saturated heterocycles. The van der Waals surface area contributed by atoms with E-state index in [1.807, 2.05) is 24.3 Å². The molecule has 0 radical (unpaired) electrons. The van der Waals surface area contributed by atoms with Gasteiger partial charge in [0, 0.05) is 29.6 Å². The van der Waals surface area contributed by atoms with Crippen molar-refractivity contribution in [2.75, 3.05) is 23.9 Å². The van der Waals surface area contributed by atoms with E-state index in [9.17, 15) is 9.59 Å². The van der Waals surface area contributed by atoms with Crippen molar-refractivity contribution < 1.29 is 14.3 Å². The maximum absolute atomic E-state index is 12.5. The maximum atomic E-state index is 12.5. The highest BCUT2D eigenvalue weighted by Gasteiger charge is 2.35. The Bertz CT molecular complexity index is 811. The minimum atomic E-state index is -0.363. The number of carbonyl (C=O) groups excluding carboxylic acids is 2. The standard InChI is InChI=1S/C18H19N3O3S/c1-24-13-5-2-4-12(9-13)21-10-11(8-16(21)22)17(23)20-18-19-14-6-3-7-15(14)25-18/h2,4-5,9,11H,3,6-8,10H2,1H3,(H,19,20,23). The number of hydrogen-bond acceptors (Lipinski definition) is 5. The van der Waals surface area contributed by atoms with Crippen LogP contribution < -0.4 is 15.0 Å². The Morgan fingerprint density at radius 3 is 3.08 bits per heavy atom. The Morgan fingerprint density at radius 2 is 2.28 bits per heavy atom. The number of methoxy groups -OCH3 is 1. The van der Waals surface area contributed by atoms with Gasteiger partial charge < -0.3 is 15.0 Å². The molecule has 1 aromatic carbocycles. The fourth-order valence-electron chi connectivity index (χ4n) is 3.36. The third-order valence-electron chi connectivity index (χ3n) is 4.69. The molecule has 2 heterocycles. The fraction of sp³-hybridized carbons (Fsp3) is 0.389. The number of ether oxygens (including phenoxy) is 1. The lowest BCUT2D eigenvalue weighted by atomic mass is 10.1. The predicted octanol–water partition coefficient (Wildman–Crippen LogP) is 2.63. The van der Waals surface area contributed by atoms with E-state index in [-0.39, 0.29) is 24.2 Å². The van der Waals surface area contributed by atoms with Gasteiger partial charge in [0.05, 0.1) is 18.7 Å². The molecule has 2 aromatic rings. The van der Waals surface area contributed by atoms with Gasteiger partial charge in [-0.2, -0.15) is 0 Å². The van der Waals surface area contributed by atoms with Crippen molar-refractivity contribution in [3.8, 4) is 5.75 Å². The molecule has 2 aliphatic rings. The SMILES string of the molecule is COc1cccc(N2CC(C(=O)Nc3nc4c(s3)CCC4)CC2=O)c1. The van der Waals surface area contributed by atoms with Crippen LogP contribution in [0.2, 0.25) is 0 Å². The van der Waals surface area contributed by atoms with Crippen LogP contribution in [0.1, 0.15) is 23.4 Å². The summed E-state index contributed by atoms with van der Waals surface area (Å²) in [5.74, 6) is 0.147. The molecule has 1 N–H and O–H groups in total. The third-order valence-corrected chi connectivity index (χ3v) is 5.76. The number of benzene rings is 1. The zero-order chi connectivity index (χ0) is 17.4. The number of hydrogen-bond donors (Lipinski definition) is 1. The van der Waals surface area contributed by atoms with Gasteiger partial charge in [-0.3, -0.25) is 9.59 Å². The Kier molecular flexibility index (Phi) is 4.17. The Morgan fingerprint density at radius 1 is 1.40 bits per heavy atom. The number of nitrogens with one attached hydrogen (secondary N) is 1. The normalized spacial score (nSPS) is 19.2. The number of aromatic nitrogens is 1. The number of fused-ring (bicyclic) bond motifs is 1. The second-order valence-corrected chi connectivity index (χ2v) is 7.42. The van der Waals surface area contributed by atoms with E-state index in [1.54, 1.807) is 23.3 Å². The molecule has 7 heteroatoms. The number of nitrogens with zero attached hydrogens (tertiary/aromatic N) is 2. The van der Waals surface area contributed by atoms with E-state index in [0.29, 0.717) is 17.4 Å². The van der Waals surface area contributed by atoms with Crippen LogP contribution in [0, 0.1) is 5.92 Å². The monoisotopic (exact) mass is 357 g/mol. The summed E-state index contributed by atoms with van der Waals surface area (Å²) in [5.41, 5.74) is 1.87. The van der Waals surface area contributed by atoms with E-state index in [2.05, 4.69) is 10.3 Å². The van der Waals surface area contributed by atoms with Gasteiger partial charge in [-0.05, 0) is 31.4 Å². The number of rotatable bonds is 4. The molecular formula is C18H19N3O3S. The largest absolute Gasteiger partial charge is 0.497 e. The van der Waals surface area contributed by atoms with Crippen LogP contribution >= 0.6 is 11.3 Å². The van der Waals surface area contributed by atoms with E-state index in [4.69, 9.17) is 4.74 Å². The zero-order valence-corrected chi connectivity index (χ0v) is 14.8. The van der Waals surface area contributed by atoms with Crippen LogP contribution in [0.4, 0.5) is 10.8 Å². The lowest BCUT2D eigenvalue weighted by Gasteiger charge is -2.17. The van der Waals surface area contributed by atoms with Gasteiger partial charge in [-0.15, -0.1) is 11.3 Å². The second-order valence-electron chi connectivity index (χ2n) is 6.34. The second kappa shape index (κ2) is 6.48. The maximum Gasteiger partial charge on any atom is 0.231 e. The molecular weight excluding hydrogens is 338 g/mol. The summed E-state index contributed by atoms with van der Waals surface area (Å²) in [6, 6.07) is 7.33. The van der Waals surface area contributed by atoms with E-state index in [1.165, 1.54) is 4.88 Å². The smallest absolute Gasteiger partial charge is 0.231 e. The molecule has 130 valence electrons. The average Bonchev–Trinajstić information content (AvgIpc) is 3.29. The first-order valence-corrected chi connectivity index (χ1v) is 9.19. The first-order valence-electron chi connectivity index (χ1n) is 8.38. The van der Waals surface area contributed by atoms with Gasteiger partial charge in [0.25, 0.3) is 0 Å². The molecule has 2 amide bonds. The van der Waals surface area contributed by atoms with Crippen LogP contribution in [-0.4, -0.2) is 30.5 Å². The highest BCUT2D eigenvalue weighted by atomic mass is 32.1. The first kappa shape index (κ1) is 16.1. The van der Waals surface area contributed by atoms with Crippen molar-refractivity contribution in [3.05, 3.63) is 34.8 Å². The van der Waals surface area contributed by atoms with Crippen molar-refractivity contribution in [2.24, 2.45) is 5.92 Å². The summed E-state index contributed by atoms with van der Waals surface area (Å²) >= 11 is 1.55. The van der Waals surface area contributed by atoms with E-state index in [0.717, 1.165) is 30.6 Å². The van der Waals surface area contributed by atoms with Crippen LogP contribution in [0.5, 0.6) is 5.75 Å². The Hall–Kier alpha value is -2.41. The number of amides is 2. The first-order chi connectivity index (χ1) is 12.1. The summed E-state index contributed by atoms with van der Waals surface area (Å²) < 4.78 is 5.21. The summed E-state index contributed by atoms with van der Waals surface area (Å²) in [6.07, 6.45) is 3.41. The number of anilines is 2. The lowest BCUT2D eigenvalue weighted by molar-refractivity contribution is -0.122. The minimum Gasteiger partial charge on any atom is -0.497 e.